The molecular formula is C24H24F3N3O4. The first-order chi connectivity index (χ1) is 15.9. The van der Waals surface area contributed by atoms with Gasteiger partial charge in [-0.25, -0.2) is 14.5 Å². The summed E-state index contributed by atoms with van der Waals surface area (Å²) in [5.74, 6) is 0.559. The minimum Gasteiger partial charge on any atom is -0.486 e. The fourth-order valence-corrected chi connectivity index (χ4v) is 2.97. The highest BCUT2D eigenvalue weighted by Gasteiger charge is 2.31. The van der Waals surface area contributed by atoms with Crippen LogP contribution in [0, 0.1) is 6.92 Å². The molecule has 0 radical (unpaired) electrons. The largest absolute Gasteiger partial charge is 0.486 e. The molecule has 0 bridgehead atoms. The summed E-state index contributed by atoms with van der Waals surface area (Å²) in [7, 11) is 0. The molecule has 0 fully saturated rings. The molecule has 0 amide bonds. The summed E-state index contributed by atoms with van der Waals surface area (Å²) in [6.07, 6.45) is -2.80. The molecule has 1 heterocycles. The summed E-state index contributed by atoms with van der Waals surface area (Å²) in [6.45, 7) is 8.75. The fourth-order valence-electron chi connectivity index (χ4n) is 2.97. The van der Waals surface area contributed by atoms with Gasteiger partial charge in [-0.1, -0.05) is 18.2 Å². The minimum absolute atomic E-state index is 0.0434. The highest BCUT2D eigenvalue weighted by Crippen LogP contribution is 2.31. The number of allylic oxidation sites excluding steroid dienone is 1. The summed E-state index contributed by atoms with van der Waals surface area (Å²) in [5, 5.41) is 13.6. The van der Waals surface area contributed by atoms with E-state index in [1.807, 2.05) is 0 Å². The van der Waals surface area contributed by atoms with Gasteiger partial charge in [0.1, 0.15) is 18.1 Å². The van der Waals surface area contributed by atoms with Crippen molar-refractivity contribution in [2.75, 3.05) is 0 Å². The zero-order valence-corrected chi connectivity index (χ0v) is 18.9. The minimum atomic E-state index is -4.42. The summed E-state index contributed by atoms with van der Waals surface area (Å²) in [4.78, 5) is 15.7. The van der Waals surface area contributed by atoms with E-state index in [1.54, 1.807) is 35.9 Å². The standard InChI is InChI=1S/C24H24F3N3O4/c1-5-12-30-20(28-21(29-30)16-6-8-17(9-7-16)24(25,26)27)14-33-18-10-11-19(15(2)13-18)34-23(3,4)22(31)32/h5-11,13H,1,12,14H2,2-4H3,(H,31,32). The number of carboxylic acid groups (broad SMARTS) is 1. The average molecular weight is 475 g/mol. The van der Waals surface area contributed by atoms with E-state index in [2.05, 4.69) is 16.7 Å². The number of aromatic nitrogens is 3. The Labute approximate surface area is 194 Å². The van der Waals surface area contributed by atoms with Gasteiger partial charge in [0, 0.05) is 5.56 Å². The Kier molecular flexibility index (Phi) is 6.99. The third kappa shape index (κ3) is 5.75. The molecule has 0 aliphatic rings. The lowest BCUT2D eigenvalue weighted by atomic mass is 10.1. The van der Waals surface area contributed by atoms with Gasteiger partial charge in [0.15, 0.2) is 17.2 Å². The van der Waals surface area contributed by atoms with E-state index in [1.165, 1.54) is 26.0 Å². The Morgan fingerprint density at radius 1 is 1.18 bits per heavy atom. The maximum absolute atomic E-state index is 12.8. The second-order valence-electron chi connectivity index (χ2n) is 8.03. The number of carbonyl (C=O) groups is 1. The van der Waals surface area contributed by atoms with Crippen LogP contribution in [0.2, 0.25) is 0 Å². The Bertz CT molecular complexity index is 1190. The first kappa shape index (κ1) is 24.8. The van der Waals surface area contributed by atoms with Crippen molar-refractivity contribution in [1.29, 1.82) is 0 Å². The van der Waals surface area contributed by atoms with Crippen molar-refractivity contribution in [3.63, 3.8) is 0 Å². The molecule has 1 aromatic heterocycles. The molecule has 3 rings (SSSR count). The number of halogens is 3. The van der Waals surface area contributed by atoms with Crippen LogP contribution < -0.4 is 9.47 Å². The number of aliphatic carboxylic acids is 1. The Morgan fingerprint density at radius 3 is 2.41 bits per heavy atom. The molecule has 0 aliphatic carbocycles. The average Bonchev–Trinajstić information content (AvgIpc) is 3.16. The second kappa shape index (κ2) is 9.58. The van der Waals surface area contributed by atoms with Crippen LogP contribution in [0.5, 0.6) is 11.5 Å². The Hall–Kier alpha value is -3.82. The first-order valence-electron chi connectivity index (χ1n) is 10.3. The van der Waals surface area contributed by atoms with E-state index in [9.17, 15) is 23.1 Å². The number of benzene rings is 2. The molecule has 0 aliphatic heterocycles. The summed E-state index contributed by atoms with van der Waals surface area (Å²) in [6, 6.07) is 9.58. The number of hydrogen-bond donors (Lipinski definition) is 1. The Balaban J connectivity index is 1.77. The predicted molar refractivity (Wildman–Crippen MR) is 119 cm³/mol. The van der Waals surface area contributed by atoms with Crippen molar-refractivity contribution in [2.24, 2.45) is 0 Å². The third-order valence-electron chi connectivity index (χ3n) is 4.92. The van der Waals surface area contributed by atoms with Gasteiger partial charge in [0.25, 0.3) is 0 Å². The number of aryl methyl sites for hydroxylation is 1. The molecule has 1 N–H and O–H groups in total. The van der Waals surface area contributed by atoms with E-state index in [0.717, 1.165) is 12.1 Å². The van der Waals surface area contributed by atoms with Gasteiger partial charge in [-0.2, -0.15) is 18.3 Å². The fraction of sp³-hybridized carbons (Fsp3) is 0.292. The maximum Gasteiger partial charge on any atom is 0.416 e. The van der Waals surface area contributed by atoms with Crippen molar-refractivity contribution in [2.45, 2.75) is 45.7 Å². The molecule has 0 saturated heterocycles. The van der Waals surface area contributed by atoms with Crippen LogP contribution in [0.15, 0.2) is 55.1 Å². The quantitative estimate of drug-likeness (QED) is 0.424. The topological polar surface area (TPSA) is 86.5 Å². The zero-order chi connectivity index (χ0) is 25.1. The number of ether oxygens (including phenoxy) is 2. The highest BCUT2D eigenvalue weighted by atomic mass is 19.4. The van der Waals surface area contributed by atoms with Gasteiger partial charge < -0.3 is 14.6 Å². The molecule has 0 atom stereocenters. The van der Waals surface area contributed by atoms with E-state index >= 15 is 0 Å². The van der Waals surface area contributed by atoms with Gasteiger partial charge >= 0.3 is 12.1 Å². The molecule has 34 heavy (non-hydrogen) atoms. The van der Waals surface area contributed by atoms with Crippen molar-refractivity contribution in [3.05, 3.63) is 72.1 Å². The van der Waals surface area contributed by atoms with Gasteiger partial charge in [0.2, 0.25) is 0 Å². The summed E-state index contributed by atoms with van der Waals surface area (Å²) < 4.78 is 51.4. The molecule has 10 heteroatoms. The van der Waals surface area contributed by atoms with Gasteiger partial charge in [0.05, 0.1) is 12.1 Å². The van der Waals surface area contributed by atoms with E-state index in [4.69, 9.17) is 9.47 Å². The third-order valence-corrected chi connectivity index (χ3v) is 4.92. The molecule has 180 valence electrons. The number of hydrogen-bond acceptors (Lipinski definition) is 5. The van der Waals surface area contributed by atoms with Crippen LogP contribution >= 0.6 is 0 Å². The van der Waals surface area contributed by atoms with Crippen LogP contribution in [0.4, 0.5) is 13.2 Å². The van der Waals surface area contributed by atoms with Crippen molar-refractivity contribution in [3.8, 4) is 22.9 Å². The molecule has 3 aromatic rings. The van der Waals surface area contributed by atoms with Crippen LogP contribution in [-0.2, 0) is 24.1 Å². The Morgan fingerprint density at radius 2 is 1.85 bits per heavy atom. The van der Waals surface area contributed by atoms with Crippen molar-refractivity contribution < 1.29 is 32.5 Å². The lowest BCUT2D eigenvalue weighted by Gasteiger charge is -2.23. The van der Waals surface area contributed by atoms with Gasteiger partial charge in [-0.05, 0) is 56.7 Å². The van der Waals surface area contributed by atoms with Crippen LogP contribution in [0.3, 0.4) is 0 Å². The van der Waals surface area contributed by atoms with Crippen LogP contribution in [-0.4, -0.2) is 31.4 Å². The van der Waals surface area contributed by atoms with E-state index in [-0.39, 0.29) is 12.4 Å². The normalized spacial score (nSPS) is 11.8. The van der Waals surface area contributed by atoms with Gasteiger partial charge in [-0.3, -0.25) is 0 Å². The smallest absolute Gasteiger partial charge is 0.416 e. The molecule has 0 unspecified atom stereocenters. The highest BCUT2D eigenvalue weighted by molar-refractivity contribution is 5.76. The van der Waals surface area contributed by atoms with Gasteiger partial charge in [-0.15, -0.1) is 6.58 Å². The summed E-state index contributed by atoms with van der Waals surface area (Å²) in [5.41, 5.74) is -1.01. The second-order valence-corrected chi connectivity index (χ2v) is 8.03. The first-order valence-corrected chi connectivity index (χ1v) is 10.3. The maximum atomic E-state index is 12.8. The lowest BCUT2D eigenvalue weighted by molar-refractivity contribution is -0.152. The number of nitrogens with zero attached hydrogens (tertiary/aromatic N) is 3. The van der Waals surface area contributed by atoms with Crippen LogP contribution in [0.25, 0.3) is 11.4 Å². The van der Waals surface area contributed by atoms with E-state index in [0.29, 0.717) is 35.0 Å². The van der Waals surface area contributed by atoms with Crippen LogP contribution in [0.1, 0.15) is 30.8 Å². The zero-order valence-electron chi connectivity index (χ0n) is 18.9. The molecule has 0 spiro atoms. The van der Waals surface area contributed by atoms with Crippen molar-refractivity contribution in [1.82, 2.24) is 14.8 Å². The molecule has 2 aromatic carbocycles. The lowest BCUT2D eigenvalue weighted by Crippen LogP contribution is -2.38. The molecule has 0 saturated carbocycles. The number of carboxylic acids is 1. The molecular weight excluding hydrogens is 451 g/mol. The predicted octanol–water partition coefficient (Wildman–Crippen LogP) is 5.28. The van der Waals surface area contributed by atoms with E-state index < -0.39 is 23.3 Å². The monoisotopic (exact) mass is 475 g/mol. The SMILES string of the molecule is C=CCn1nc(-c2ccc(C(F)(F)F)cc2)nc1COc1ccc(OC(C)(C)C(=O)O)c(C)c1. The number of rotatable bonds is 9. The number of alkyl halides is 3. The molecule has 7 nitrogen and oxygen atoms in total. The summed E-state index contributed by atoms with van der Waals surface area (Å²) >= 11 is 0. The van der Waals surface area contributed by atoms with Crippen molar-refractivity contribution >= 4 is 5.97 Å².